The Morgan fingerprint density at radius 3 is 3.00 bits per heavy atom. The van der Waals surface area contributed by atoms with Crippen LogP contribution in [0.3, 0.4) is 0 Å². The Bertz CT molecular complexity index is 459. The zero-order valence-electron chi connectivity index (χ0n) is 11.2. The predicted molar refractivity (Wildman–Crippen MR) is 69.0 cm³/mol. The number of aliphatic hydroxyl groups is 1. The first-order chi connectivity index (χ1) is 9.60. The van der Waals surface area contributed by atoms with Crippen molar-refractivity contribution in [2.45, 2.75) is 19.1 Å². The van der Waals surface area contributed by atoms with Gasteiger partial charge in [-0.25, -0.2) is 0 Å². The Morgan fingerprint density at radius 2 is 2.35 bits per heavy atom. The van der Waals surface area contributed by atoms with Crippen LogP contribution in [0.2, 0.25) is 0 Å². The molecule has 7 nitrogen and oxygen atoms in total. The fraction of sp³-hybridized carbons (Fsp3) is 0.538. The molecule has 0 aliphatic carbocycles. The predicted octanol–water partition coefficient (Wildman–Crippen LogP) is -0.382. The van der Waals surface area contributed by atoms with Crippen molar-refractivity contribution in [3.63, 3.8) is 0 Å². The van der Waals surface area contributed by atoms with Gasteiger partial charge in [0.1, 0.15) is 0 Å². The Morgan fingerprint density at radius 1 is 1.55 bits per heavy atom. The minimum atomic E-state index is -0.556. The molecule has 110 valence electrons. The highest BCUT2D eigenvalue weighted by atomic mass is 16.5. The van der Waals surface area contributed by atoms with E-state index in [1.165, 1.54) is 12.3 Å². The molecule has 2 heterocycles. The topological polar surface area (TPSA) is 92.0 Å². The summed E-state index contributed by atoms with van der Waals surface area (Å²) in [5, 5.41) is 11.3. The van der Waals surface area contributed by atoms with E-state index in [1.807, 2.05) is 11.8 Å². The molecule has 0 radical (unpaired) electrons. The third-order valence-corrected chi connectivity index (χ3v) is 3.18. The van der Waals surface area contributed by atoms with Crippen molar-refractivity contribution >= 4 is 11.8 Å². The van der Waals surface area contributed by atoms with E-state index in [9.17, 15) is 9.59 Å². The molecule has 2 unspecified atom stereocenters. The summed E-state index contributed by atoms with van der Waals surface area (Å²) in [5.41, 5.74) is 0. The van der Waals surface area contributed by atoms with Crippen LogP contribution in [0.5, 0.6) is 0 Å². The van der Waals surface area contributed by atoms with E-state index in [2.05, 4.69) is 5.32 Å². The first-order valence-electron chi connectivity index (χ1n) is 6.44. The largest absolute Gasteiger partial charge is 0.459 e. The summed E-state index contributed by atoms with van der Waals surface area (Å²) >= 11 is 0. The molecule has 0 bridgehead atoms. The van der Waals surface area contributed by atoms with Crippen molar-refractivity contribution in [2.75, 3.05) is 26.3 Å². The lowest BCUT2D eigenvalue weighted by Gasteiger charge is -2.36. The molecule has 2 atom stereocenters. The molecule has 2 N–H and O–H groups in total. The van der Waals surface area contributed by atoms with Crippen LogP contribution < -0.4 is 5.32 Å². The number of ether oxygens (including phenoxy) is 1. The first-order valence-corrected chi connectivity index (χ1v) is 6.44. The highest BCUT2D eigenvalue weighted by molar-refractivity contribution is 6.03. The summed E-state index contributed by atoms with van der Waals surface area (Å²) in [6, 6.07) is 3.12. The van der Waals surface area contributed by atoms with Gasteiger partial charge < -0.3 is 14.3 Å². The highest BCUT2D eigenvalue weighted by Crippen LogP contribution is 2.10. The highest BCUT2D eigenvalue weighted by Gasteiger charge is 2.27. The number of nitrogens with one attached hydrogen (secondary N) is 1. The van der Waals surface area contributed by atoms with E-state index in [0.29, 0.717) is 13.2 Å². The van der Waals surface area contributed by atoms with E-state index in [0.717, 1.165) is 0 Å². The maximum absolute atomic E-state index is 11.8. The smallest absolute Gasteiger partial charge is 0.293 e. The number of nitrogens with zero attached hydrogens (tertiary/aromatic N) is 1. The van der Waals surface area contributed by atoms with Gasteiger partial charge >= 0.3 is 0 Å². The Hall–Kier alpha value is -1.70. The monoisotopic (exact) mass is 282 g/mol. The van der Waals surface area contributed by atoms with Gasteiger partial charge in [0.15, 0.2) is 5.76 Å². The third-order valence-electron chi connectivity index (χ3n) is 3.18. The van der Waals surface area contributed by atoms with E-state index in [4.69, 9.17) is 14.3 Å². The maximum Gasteiger partial charge on any atom is 0.293 e. The zero-order chi connectivity index (χ0) is 14.5. The molecule has 0 aromatic carbocycles. The normalized spacial score (nSPS) is 23.5. The third kappa shape index (κ3) is 3.66. The Balaban J connectivity index is 1.85. The van der Waals surface area contributed by atoms with E-state index in [1.54, 1.807) is 6.07 Å². The lowest BCUT2D eigenvalue weighted by molar-refractivity contribution is -0.126. The fourth-order valence-electron chi connectivity index (χ4n) is 2.03. The van der Waals surface area contributed by atoms with E-state index < -0.39 is 11.8 Å². The molecule has 1 aliphatic rings. The summed E-state index contributed by atoms with van der Waals surface area (Å²) in [5.74, 6) is -0.863. The van der Waals surface area contributed by atoms with Crippen LogP contribution in [0.4, 0.5) is 0 Å². The van der Waals surface area contributed by atoms with Crippen LogP contribution in [0.25, 0.3) is 0 Å². The summed E-state index contributed by atoms with van der Waals surface area (Å²) in [6.07, 6.45) is 1.08. The second-order valence-electron chi connectivity index (χ2n) is 4.77. The molecule has 1 aromatic rings. The molecule has 20 heavy (non-hydrogen) atoms. The van der Waals surface area contributed by atoms with Gasteiger partial charge in [-0.15, -0.1) is 0 Å². The molecule has 1 fully saturated rings. The van der Waals surface area contributed by atoms with Crippen molar-refractivity contribution in [3.8, 4) is 0 Å². The number of aliphatic hydroxyl groups excluding tert-OH is 1. The zero-order valence-corrected chi connectivity index (χ0v) is 11.2. The minimum absolute atomic E-state index is 0.0577. The molecule has 2 amide bonds. The van der Waals surface area contributed by atoms with Crippen LogP contribution in [0.1, 0.15) is 17.5 Å². The Labute approximate surface area is 116 Å². The summed E-state index contributed by atoms with van der Waals surface area (Å²) in [7, 11) is 0. The first kappa shape index (κ1) is 14.7. The number of rotatable bonds is 4. The van der Waals surface area contributed by atoms with Gasteiger partial charge in [0.25, 0.3) is 5.91 Å². The van der Waals surface area contributed by atoms with E-state index >= 15 is 0 Å². The molecular weight excluding hydrogens is 264 g/mol. The van der Waals surface area contributed by atoms with Gasteiger partial charge in [0.05, 0.1) is 32.1 Å². The summed E-state index contributed by atoms with van der Waals surface area (Å²) in [4.78, 5) is 25.4. The minimum Gasteiger partial charge on any atom is -0.459 e. The quantitative estimate of drug-likeness (QED) is 0.782. The molecule has 0 spiro atoms. The van der Waals surface area contributed by atoms with Gasteiger partial charge in [0, 0.05) is 12.6 Å². The number of amides is 2. The molecule has 1 aromatic heterocycles. The van der Waals surface area contributed by atoms with Crippen molar-refractivity contribution in [3.05, 3.63) is 24.2 Å². The SMILES string of the molecule is CC1COC(CO)CN1CC(=O)NC(=O)c1ccco1. The number of imide groups is 1. The van der Waals surface area contributed by atoms with Crippen molar-refractivity contribution < 1.29 is 23.8 Å². The molecular formula is C13H18N2O5. The van der Waals surface area contributed by atoms with Crippen LogP contribution in [-0.2, 0) is 9.53 Å². The number of furan rings is 1. The standard InChI is InChI=1S/C13H18N2O5/c1-9-8-20-10(7-16)5-15(9)6-12(17)14-13(18)11-3-2-4-19-11/h2-4,9-10,16H,5-8H2,1H3,(H,14,17,18). The van der Waals surface area contributed by atoms with Crippen molar-refractivity contribution in [1.29, 1.82) is 0 Å². The Kier molecular flexibility index (Phi) is 4.89. The lowest BCUT2D eigenvalue weighted by Crippen LogP contribution is -2.53. The fourth-order valence-corrected chi connectivity index (χ4v) is 2.03. The molecule has 1 aliphatic heterocycles. The van der Waals surface area contributed by atoms with E-state index in [-0.39, 0.29) is 31.1 Å². The average Bonchev–Trinajstić information content (AvgIpc) is 2.95. The van der Waals surface area contributed by atoms with Crippen LogP contribution in [0.15, 0.2) is 22.8 Å². The van der Waals surface area contributed by atoms with Gasteiger partial charge in [-0.05, 0) is 19.1 Å². The van der Waals surface area contributed by atoms with Crippen LogP contribution in [-0.4, -0.2) is 60.3 Å². The molecule has 0 saturated carbocycles. The van der Waals surface area contributed by atoms with Gasteiger partial charge in [0.2, 0.25) is 5.91 Å². The lowest BCUT2D eigenvalue weighted by atomic mass is 10.2. The summed E-state index contributed by atoms with van der Waals surface area (Å²) < 4.78 is 10.3. The van der Waals surface area contributed by atoms with Gasteiger partial charge in [-0.2, -0.15) is 0 Å². The molecule has 7 heteroatoms. The summed E-state index contributed by atoms with van der Waals surface area (Å²) in [6.45, 7) is 2.82. The number of hydrogen-bond donors (Lipinski definition) is 2. The number of carbonyl (C=O) groups is 2. The average molecular weight is 282 g/mol. The number of carbonyl (C=O) groups excluding carboxylic acids is 2. The molecule has 1 saturated heterocycles. The van der Waals surface area contributed by atoms with Crippen LogP contribution in [0, 0.1) is 0 Å². The maximum atomic E-state index is 11.8. The van der Waals surface area contributed by atoms with Gasteiger partial charge in [-0.1, -0.05) is 0 Å². The second kappa shape index (κ2) is 6.65. The number of morpholine rings is 1. The number of hydrogen-bond acceptors (Lipinski definition) is 6. The van der Waals surface area contributed by atoms with Crippen molar-refractivity contribution in [1.82, 2.24) is 10.2 Å². The molecule has 2 rings (SSSR count). The van der Waals surface area contributed by atoms with Gasteiger partial charge in [-0.3, -0.25) is 19.8 Å². The second-order valence-corrected chi connectivity index (χ2v) is 4.77. The van der Waals surface area contributed by atoms with Crippen molar-refractivity contribution in [2.24, 2.45) is 0 Å². The van der Waals surface area contributed by atoms with Crippen LogP contribution >= 0.6 is 0 Å².